The van der Waals surface area contributed by atoms with Crippen molar-refractivity contribution in [1.29, 1.82) is 0 Å². The van der Waals surface area contributed by atoms with Crippen molar-refractivity contribution in [2.24, 2.45) is 0 Å². The summed E-state index contributed by atoms with van der Waals surface area (Å²) in [6.07, 6.45) is 0. The molecule has 1 aromatic carbocycles. The molecule has 0 aliphatic rings. The summed E-state index contributed by atoms with van der Waals surface area (Å²) in [5.74, 6) is 0.985. The molecule has 16 heavy (non-hydrogen) atoms. The largest absolute Gasteiger partial charge is 0.342 e. The Hall–Kier alpha value is -1.31. The van der Waals surface area contributed by atoms with Gasteiger partial charge in [0.25, 0.3) is 0 Å². The molecule has 0 saturated heterocycles. The highest BCUT2D eigenvalue weighted by atomic mass is 14.9. The van der Waals surface area contributed by atoms with Crippen LogP contribution in [0.5, 0.6) is 0 Å². The van der Waals surface area contributed by atoms with E-state index in [0.717, 1.165) is 16.9 Å². The van der Waals surface area contributed by atoms with Crippen molar-refractivity contribution >= 4 is 11.0 Å². The number of imidazole rings is 1. The molecule has 0 atom stereocenters. The van der Waals surface area contributed by atoms with Gasteiger partial charge in [0.1, 0.15) is 5.82 Å². The quantitative estimate of drug-likeness (QED) is 0.693. The van der Waals surface area contributed by atoms with Crippen molar-refractivity contribution in [3.8, 4) is 0 Å². The number of hydrogen-bond donors (Lipinski definition) is 1. The normalized spacial score (nSPS) is 8.94. The highest BCUT2D eigenvalue weighted by molar-refractivity contribution is 5.79. The average Bonchev–Trinajstić information content (AvgIpc) is 2.71. The molecule has 0 radical (unpaired) electrons. The van der Waals surface area contributed by atoms with Crippen LogP contribution in [0.1, 0.15) is 44.6 Å². The number of nitrogens with zero attached hydrogens (tertiary/aromatic N) is 1. The number of H-pyrrole nitrogens is 1. The van der Waals surface area contributed by atoms with Gasteiger partial charge in [0, 0.05) is 0 Å². The number of aromatic amines is 1. The second-order valence-electron chi connectivity index (χ2n) is 3.23. The van der Waals surface area contributed by atoms with Crippen molar-refractivity contribution in [2.75, 3.05) is 0 Å². The van der Waals surface area contributed by atoms with Crippen molar-refractivity contribution in [3.63, 3.8) is 0 Å². The van der Waals surface area contributed by atoms with Gasteiger partial charge < -0.3 is 4.98 Å². The topological polar surface area (TPSA) is 28.7 Å². The van der Waals surface area contributed by atoms with E-state index in [1.807, 2.05) is 34.6 Å². The van der Waals surface area contributed by atoms with E-state index in [2.05, 4.69) is 35.9 Å². The van der Waals surface area contributed by atoms with E-state index in [0.29, 0.717) is 0 Å². The van der Waals surface area contributed by atoms with Gasteiger partial charge >= 0.3 is 0 Å². The first-order chi connectivity index (χ1) is 7.68. The summed E-state index contributed by atoms with van der Waals surface area (Å²) in [4.78, 5) is 7.63. The van der Waals surface area contributed by atoms with Crippen LogP contribution in [-0.2, 0) is 0 Å². The first-order valence-corrected chi connectivity index (χ1v) is 6.11. The van der Waals surface area contributed by atoms with Crippen LogP contribution in [0.2, 0.25) is 0 Å². The number of rotatable bonds is 0. The molecular formula is C14H24N2. The molecule has 90 valence electrons. The SMILES string of the molecule is CC.CC.Cc1nc2c(C)c(C)ccc2[nH]1. The van der Waals surface area contributed by atoms with Gasteiger partial charge in [-0.3, -0.25) is 0 Å². The maximum atomic E-state index is 4.42. The third kappa shape index (κ3) is 3.09. The molecule has 0 aliphatic carbocycles. The fraction of sp³-hybridized carbons (Fsp3) is 0.500. The molecule has 0 fully saturated rings. The van der Waals surface area contributed by atoms with E-state index in [1.54, 1.807) is 0 Å². The molecule has 0 aliphatic heterocycles. The van der Waals surface area contributed by atoms with Crippen molar-refractivity contribution in [3.05, 3.63) is 29.1 Å². The smallest absolute Gasteiger partial charge is 0.104 e. The molecule has 1 N–H and O–H groups in total. The molecular weight excluding hydrogens is 196 g/mol. The molecule has 2 rings (SSSR count). The number of nitrogens with one attached hydrogen (secondary N) is 1. The molecule has 0 spiro atoms. The highest BCUT2D eigenvalue weighted by Gasteiger charge is 2.03. The van der Waals surface area contributed by atoms with E-state index in [-0.39, 0.29) is 0 Å². The molecule has 2 aromatic rings. The van der Waals surface area contributed by atoms with Gasteiger partial charge in [-0.25, -0.2) is 4.98 Å². The van der Waals surface area contributed by atoms with E-state index in [9.17, 15) is 0 Å². The Morgan fingerprint density at radius 2 is 1.50 bits per heavy atom. The highest BCUT2D eigenvalue weighted by Crippen LogP contribution is 2.18. The van der Waals surface area contributed by atoms with Crippen LogP contribution >= 0.6 is 0 Å². The Morgan fingerprint density at radius 1 is 0.938 bits per heavy atom. The average molecular weight is 220 g/mol. The van der Waals surface area contributed by atoms with Crippen LogP contribution in [0.15, 0.2) is 12.1 Å². The molecule has 2 heteroatoms. The first-order valence-electron chi connectivity index (χ1n) is 6.11. The van der Waals surface area contributed by atoms with E-state index >= 15 is 0 Å². The Balaban J connectivity index is 0.000000509. The second kappa shape index (κ2) is 7.04. The molecule has 2 nitrogen and oxygen atoms in total. The van der Waals surface area contributed by atoms with Crippen LogP contribution in [0.25, 0.3) is 11.0 Å². The predicted molar refractivity (Wildman–Crippen MR) is 73.0 cm³/mol. The Morgan fingerprint density at radius 3 is 2.06 bits per heavy atom. The van der Waals surface area contributed by atoms with Gasteiger partial charge in [0.15, 0.2) is 0 Å². The third-order valence-corrected chi connectivity index (χ3v) is 2.30. The van der Waals surface area contributed by atoms with Gasteiger partial charge in [-0.15, -0.1) is 0 Å². The van der Waals surface area contributed by atoms with Crippen molar-refractivity contribution in [1.82, 2.24) is 9.97 Å². The Bertz CT molecular complexity index is 427. The summed E-state index contributed by atoms with van der Waals surface area (Å²) < 4.78 is 0. The van der Waals surface area contributed by atoms with Crippen LogP contribution in [0.4, 0.5) is 0 Å². The number of fused-ring (bicyclic) bond motifs is 1. The van der Waals surface area contributed by atoms with Crippen LogP contribution in [0.3, 0.4) is 0 Å². The molecule has 0 saturated carbocycles. The summed E-state index contributed by atoms with van der Waals surface area (Å²) in [7, 11) is 0. The van der Waals surface area contributed by atoms with Gasteiger partial charge in [-0.05, 0) is 38.0 Å². The van der Waals surface area contributed by atoms with E-state index in [4.69, 9.17) is 0 Å². The maximum absolute atomic E-state index is 4.42. The Labute approximate surface area is 99.1 Å². The van der Waals surface area contributed by atoms with Crippen molar-refractivity contribution < 1.29 is 0 Å². The fourth-order valence-electron chi connectivity index (χ4n) is 1.44. The number of benzene rings is 1. The standard InChI is InChI=1S/C10H12N2.2C2H6/c1-6-4-5-9-10(7(6)2)12-8(3)11-9;2*1-2/h4-5H,1-3H3,(H,11,12);2*1-2H3. The summed E-state index contributed by atoms with van der Waals surface area (Å²) in [5.41, 5.74) is 4.81. The van der Waals surface area contributed by atoms with Gasteiger partial charge in [-0.1, -0.05) is 33.8 Å². The fourth-order valence-corrected chi connectivity index (χ4v) is 1.44. The minimum absolute atomic E-state index is 0.985. The van der Waals surface area contributed by atoms with Crippen molar-refractivity contribution in [2.45, 2.75) is 48.5 Å². The minimum atomic E-state index is 0.985. The first kappa shape index (κ1) is 14.7. The predicted octanol–water partition coefficient (Wildman–Crippen LogP) is 4.54. The van der Waals surface area contributed by atoms with E-state index < -0.39 is 0 Å². The van der Waals surface area contributed by atoms with E-state index in [1.165, 1.54) is 11.1 Å². The van der Waals surface area contributed by atoms with Crippen LogP contribution in [-0.4, -0.2) is 9.97 Å². The maximum Gasteiger partial charge on any atom is 0.104 e. The van der Waals surface area contributed by atoms with Crippen LogP contribution < -0.4 is 0 Å². The zero-order valence-electron chi connectivity index (χ0n) is 11.6. The molecule has 1 aromatic heterocycles. The summed E-state index contributed by atoms with van der Waals surface area (Å²) in [6, 6.07) is 4.20. The number of aromatic nitrogens is 2. The number of hydrogen-bond acceptors (Lipinski definition) is 1. The lowest BCUT2D eigenvalue weighted by Crippen LogP contribution is -1.81. The summed E-state index contributed by atoms with van der Waals surface area (Å²) in [6.45, 7) is 14.2. The minimum Gasteiger partial charge on any atom is -0.342 e. The summed E-state index contributed by atoms with van der Waals surface area (Å²) in [5, 5.41) is 0. The molecule has 1 heterocycles. The lowest BCUT2D eigenvalue weighted by atomic mass is 10.1. The monoisotopic (exact) mass is 220 g/mol. The number of aryl methyl sites for hydroxylation is 3. The zero-order chi connectivity index (χ0) is 12.7. The third-order valence-electron chi connectivity index (χ3n) is 2.30. The molecule has 0 bridgehead atoms. The second-order valence-corrected chi connectivity index (χ2v) is 3.23. The van der Waals surface area contributed by atoms with Crippen LogP contribution in [0, 0.1) is 20.8 Å². The molecule has 0 amide bonds. The van der Waals surface area contributed by atoms with Gasteiger partial charge in [0.05, 0.1) is 11.0 Å². The Kier molecular flexibility index (Phi) is 6.47. The lowest BCUT2D eigenvalue weighted by molar-refractivity contribution is 1.17. The van der Waals surface area contributed by atoms with Gasteiger partial charge in [0.2, 0.25) is 0 Å². The zero-order valence-corrected chi connectivity index (χ0v) is 11.6. The molecule has 0 unspecified atom stereocenters. The van der Waals surface area contributed by atoms with Gasteiger partial charge in [-0.2, -0.15) is 0 Å². The lowest BCUT2D eigenvalue weighted by Gasteiger charge is -1.98. The summed E-state index contributed by atoms with van der Waals surface area (Å²) >= 11 is 0.